The summed E-state index contributed by atoms with van der Waals surface area (Å²) in [5.74, 6) is 0.196. The number of anilines is 1. The summed E-state index contributed by atoms with van der Waals surface area (Å²) in [5, 5.41) is 6.53. The smallest absolute Gasteiger partial charge is 0.249 e. The van der Waals surface area contributed by atoms with Gasteiger partial charge in [-0.1, -0.05) is 24.3 Å². The molecular weight excluding hydrogens is 346 g/mol. The normalized spacial score (nSPS) is 10.7. The van der Waals surface area contributed by atoms with E-state index in [4.69, 9.17) is 9.47 Å². The Kier molecular flexibility index (Phi) is 7.37. The predicted molar refractivity (Wildman–Crippen MR) is 104 cm³/mol. The highest BCUT2D eigenvalue weighted by Gasteiger charge is 2.11. The van der Waals surface area contributed by atoms with Crippen LogP contribution in [0.1, 0.15) is 25.8 Å². The number of amides is 2. The van der Waals surface area contributed by atoms with Crippen LogP contribution < -0.4 is 20.2 Å². The molecule has 2 rings (SSSR count). The number of para-hydroxylation sites is 3. The predicted octanol–water partition coefficient (Wildman–Crippen LogP) is 2.96. The van der Waals surface area contributed by atoms with Crippen LogP contribution in [0.25, 0.3) is 0 Å². The number of hydrazone groups is 1. The maximum absolute atomic E-state index is 12.0. The van der Waals surface area contributed by atoms with Gasteiger partial charge < -0.3 is 14.8 Å². The minimum absolute atomic E-state index is 0.0211. The lowest BCUT2D eigenvalue weighted by Crippen LogP contribution is -2.24. The van der Waals surface area contributed by atoms with Crippen molar-refractivity contribution in [1.82, 2.24) is 5.43 Å². The van der Waals surface area contributed by atoms with E-state index in [1.54, 1.807) is 24.3 Å². The Bertz CT molecular complexity index is 818. The van der Waals surface area contributed by atoms with E-state index in [0.717, 1.165) is 5.56 Å². The molecule has 27 heavy (non-hydrogen) atoms. The molecule has 0 aromatic heterocycles. The van der Waals surface area contributed by atoms with Crippen molar-refractivity contribution in [1.29, 1.82) is 0 Å². The van der Waals surface area contributed by atoms with Crippen molar-refractivity contribution in [2.45, 2.75) is 26.4 Å². The molecular formula is C20H23N3O4. The lowest BCUT2D eigenvalue weighted by molar-refractivity contribution is -0.126. The molecule has 2 aromatic rings. The van der Waals surface area contributed by atoms with Gasteiger partial charge in [0.25, 0.3) is 0 Å². The van der Waals surface area contributed by atoms with Gasteiger partial charge in [0.2, 0.25) is 11.8 Å². The van der Waals surface area contributed by atoms with Crippen LogP contribution in [0.5, 0.6) is 11.5 Å². The van der Waals surface area contributed by atoms with Gasteiger partial charge in [0.05, 0.1) is 25.1 Å². The summed E-state index contributed by atoms with van der Waals surface area (Å²) >= 11 is 0. The first kappa shape index (κ1) is 20.0. The van der Waals surface area contributed by atoms with E-state index in [2.05, 4.69) is 15.8 Å². The van der Waals surface area contributed by atoms with E-state index in [0.29, 0.717) is 17.2 Å². The molecule has 7 heteroatoms. The van der Waals surface area contributed by atoms with Gasteiger partial charge in [0.15, 0.2) is 0 Å². The number of carbonyl (C=O) groups excluding carboxylic acids is 2. The molecule has 0 saturated heterocycles. The van der Waals surface area contributed by atoms with Gasteiger partial charge in [-0.05, 0) is 38.1 Å². The van der Waals surface area contributed by atoms with Gasteiger partial charge in [0, 0.05) is 5.56 Å². The van der Waals surface area contributed by atoms with Crippen LogP contribution >= 0.6 is 0 Å². The summed E-state index contributed by atoms with van der Waals surface area (Å²) in [6.07, 6.45) is 1.14. The Morgan fingerprint density at radius 2 is 1.70 bits per heavy atom. The van der Waals surface area contributed by atoms with Crippen molar-refractivity contribution in [3.8, 4) is 11.5 Å². The number of ether oxygens (including phenoxy) is 2. The van der Waals surface area contributed by atoms with Gasteiger partial charge in [-0.15, -0.1) is 0 Å². The highest BCUT2D eigenvalue weighted by atomic mass is 16.5. The zero-order valence-corrected chi connectivity index (χ0v) is 15.6. The van der Waals surface area contributed by atoms with Crippen molar-refractivity contribution in [2.24, 2.45) is 5.10 Å². The SMILES string of the molecule is COc1ccccc1NC(=O)CC(=O)NN=Cc1ccccc1OC(C)C. The van der Waals surface area contributed by atoms with Crippen LogP contribution in [-0.4, -0.2) is 31.2 Å². The van der Waals surface area contributed by atoms with Gasteiger partial charge in [-0.2, -0.15) is 5.10 Å². The number of benzene rings is 2. The first-order valence-electron chi connectivity index (χ1n) is 8.50. The van der Waals surface area contributed by atoms with E-state index in [1.807, 2.05) is 38.1 Å². The number of nitrogens with zero attached hydrogens (tertiary/aromatic N) is 1. The lowest BCUT2D eigenvalue weighted by Gasteiger charge is -2.11. The Labute approximate surface area is 158 Å². The molecule has 2 N–H and O–H groups in total. The Morgan fingerprint density at radius 3 is 2.41 bits per heavy atom. The van der Waals surface area contributed by atoms with Crippen LogP contribution in [0, 0.1) is 0 Å². The van der Waals surface area contributed by atoms with Crippen molar-refractivity contribution in [2.75, 3.05) is 12.4 Å². The molecule has 0 fully saturated rings. The molecule has 0 aliphatic rings. The average molecular weight is 369 g/mol. The molecule has 0 saturated carbocycles. The number of rotatable bonds is 8. The van der Waals surface area contributed by atoms with Gasteiger partial charge in [0.1, 0.15) is 17.9 Å². The lowest BCUT2D eigenvalue weighted by atomic mass is 10.2. The van der Waals surface area contributed by atoms with Crippen molar-refractivity contribution in [3.05, 3.63) is 54.1 Å². The second-order valence-corrected chi connectivity index (χ2v) is 5.92. The molecule has 0 aliphatic carbocycles. The zero-order valence-electron chi connectivity index (χ0n) is 15.6. The third-order valence-electron chi connectivity index (χ3n) is 3.38. The van der Waals surface area contributed by atoms with E-state index in [-0.39, 0.29) is 12.5 Å². The molecule has 0 spiro atoms. The molecule has 7 nitrogen and oxygen atoms in total. The number of methoxy groups -OCH3 is 1. The number of carbonyl (C=O) groups is 2. The molecule has 2 amide bonds. The van der Waals surface area contributed by atoms with E-state index in [9.17, 15) is 9.59 Å². The molecule has 0 unspecified atom stereocenters. The third-order valence-corrected chi connectivity index (χ3v) is 3.38. The summed E-state index contributed by atoms with van der Waals surface area (Å²) in [6, 6.07) is 14.3. The molecule has 0 atom stereocenters. The molecule has 142 valence electrons. The fourth-order valence-electron chi connectivity index (χ4n) is 2.25. The zero-order chi connectivity index (χ0) is 19.6. The first-order chi connectivity index (χ1) is 13.0. The third kappa shape index (κ3) is 6.47. The van der Waals surface area contributed by atoms with E-state index >= 15 is 0 Å². The van der Waals surface area contributed by atoms with Gasteiger partial charge in [-0.25, -0.2) is 5.43 Å². The summed E-state index contributed by atoms with van der Waals surface area (Å²) in [6.45, 7) is 3.85. The molecule has 0 heterocycles. The Morgan fingerprint density at radius 1 is 1.04 bits per heavy atom. The minimum atomic E-state index is -0.527. The second kappa shape index (κ2) is 9.96. The summed E-state index contributed by atoms with van der Waals surface area (Å²) in [5.41, 5.74) is 3.57. The fraction of sp³-hybridized carbons (Fsp3) is 0.250. The standard InChI is InChI=1S/C20H23N3O4/c1-14(2)27-17-10-6-4-8-15(17)13-21-23-20(25)12-19(24)22-16-9-5-7-11-18(16)26-3/h4-11,13-14H,12H2,1-3H3,(H,22,24)(H,23,25). The molecule has 0 bridgehead atoms. The van der Waals surface area contributed by atoms with Crippen LogP contribution in [-0.2, 0) is 9.59 Å². The number of hydrogen-bond donors (Lipinski definition) is 2. The Balaban J connectivity index is 1.89. The van der Waals surface area contributed by atoms with Crippen LogP contribution in [0.4, 0.5) is 5.69 Å². The topological polar surface area (TPSA) is 89.0 Å². The highest BCUT2D eigenvalue weighted by molar-refractivity contribution is 6.04. The van der Waals surface area contributed by atoms with Crippen LogP contribution in [0.2, 0.25) is 0 Å². The largest absolute Gasteiger partial charge is 0.495 e. The Hall–Kier alpha value is -3.35. The quantitative estimate of drug-likeness (QED) is 0.425. The van der Waals surface area contributed by atoms with Crippen LogP contribution in [0.15, 0.2) is 53.6 Å². The molecule has 0 aliphatic heterocycles. The maximum Gasteiger partial charge on any atom is 0.249 e. The van der Waals surface area contributed by atoms with Crippen molar-refractivity contribution < 1.29 is 19.1 Å². The minimum Gasteiger partial charge on any atom is -0.495 e. The molecule has 2 aromatic carbocycles. The van der Waals surface area contributed by atoms with E-state index in [1.165, 1.54) is 13.3 Å². The first-order valence-corrected chi connectivity index (χ1v) is 8.50. The monoisotopic (exact) mass is 369 g/mol. The molecule has 0 radical (unpaired) electrons. The number of hydrogen-bond acceptors (Lipinski definition) is 5. The van der Waals surface area contributed by atoms with Gasteiger partial charge in [-0.3, -0.25) is 9.59 Å². The van der Waals surface area contributed by atoms with Crippen molar-refractivity contribution >= 4 is 23.7 Å². The average Bonchev–Trinajstić information content (AvgIpc) is 2.63. The number of nitrogens with one attached hydrogen (secondary N) is 2. The summed E-state index contributed by atoms with van der Waals surface area (Å²) < 4.78 is 10.8. The van der Waals surface area contributed by atoms with Crippen molar-refractivity contribution in [3.63, 3.8) is 0 Å². The van der Waals surface area contributed by atoms with Crippen LogP contribution in [0.3, 0.4) is 0 Å². The van der Waals surface area contributed by atoms with E-state index < -0.39 is 11.8 Å². The maximum atomic E-state index is 12.0. The summed E-state index contributed by atoms with van der Waals surface area (Å²) in [4.78, 5) is 23.9. The summed E-state index contributed by atoms with van der Waals surface area (Å²) in [7, 11) is 1.51. The second-order valence-electron chi connectivity index (χ2n) is 5.92. The fourth-order valence-corrected chi connectivity index (χ4v) is 2.25. The van der Waals surface area contributed by atoms with Gasteiger partial charge >= 0.3 is 0 Å². The highest BCUT2D eigenvalue weighted by Crippen LogP contribution is 2.23.